The zero-order valence-electron chi connectivity index (χ0n) is 11.4. The van der Waals surface area contributed by atoms with Crippen LogP contribution in [0, 0.1) is 0 Å². The van der Waals surface area contributed by atoms with Crippen molar-refractivity contribution in [2.45, 2.75) is 19.3 Å². The van der Waals surface area contributed by atoms with Crippen molar-refractivity contribution in [1.29, 1.82) is 0 Å². The van der Waals surface area contributed by atoms with Crippen LogP contribution in [0.4, 0.5) is 0 Å². The standard InChI is InChI=1S/C17H17ClO2/c1-2-20-17-9-8-14(18)12-16(17)15(10-11-19)13-6-4-3-5-7-13/h3-9,11-12,15H,2,10H2,1H3/t15-/m0/s1. The third-order valence-electron chi connectivity index (χ3n) is 3.18. The van der Waals surface area contributed by atoms with Gasteiger partial charge in [0.15, 0.2) is 0 Å². The normalized spacial score (nSPS) is 11.9. The number of benzene rings is 2. The van der Waals surface area contributed by atoms with Gasteiger partial charge in [-0.2, -0.15) is 0 Å². The molecular weight excluding hydrogens is 272 g/mol. The summed E-state index contributed by atoms with van der Waals surface area (Å²) >= 11 is 6.10. The highest BCUT2D eigenvalue weighted by molar-refractivity contribution is 6.30. The zero-order chi connectivity index (χ0) is 14.4. The minimum atomic E-state index is -0.0334. The number of carbonyl (C=O) groups is 1. The van der Waals surface area contributed by atoms with Gasteiger partial charge in [-0.15, -0.1) is 0 Å². The third-order valence-corrected chi connectivity index (χ3v) is 3.42. The van der Waals surface area contributed by atoms with Gasteiger partial charge in [0.2, 0.25) is 0 Å². The second-order valence-electron chi connectivity index (χ2n) is 4.48. The van der Waals surface area contributed by atoms with E-state index in [0.717, 1.165) is 23.2 Å². The molecule has 0 N–H and O–H groups in total. The van der Waals surface area contributed by atoms with E-state index in [1.807, 2.05) is 49.4 Å². The predicted octanol–water partition coefficient (Wildman–Crippen LogP) is 4.46. The Morgan fingerprint density at radius 2 is 1.95 bits per heavy atom. The first kappa shape index (κ1) is 14.6. The molecule has 0 aliphatic carbocycles. The number of hydrogen-bond donors (Lipinski definition) is 0. The van der Waals surface area contributed by atoms with Crippen molar-refractivity contribution in [3.8, 4) is 5.75 Å². The van der Waals surface area contributed by atoms with Gasteiger partial charge in [0.1, 0.15) is 12.0 Å². The van der Waals surface area contributed by atoms with Gasteiger partial charge >= 0.3 is 0 Å². The van der Waals surface area contributed by atoms with Crippen LogP contribution >= 0.6 is 11.6 Å². The van der Waals surface area contributed by atoms with Crippen LogP contribution in [0.1, 0.15) is 30.4 Å². The summed E-state index contributed by atoms with van der Waals surface area (Å²) in [6.07, 6.45) is 1.35. The Kier molecular flexibility index (Phi) is 5.19. The molecule has 3 heteroatoms. The van der Waals surface area contributed by atoms with Crippen molar-refractivity contribution in [2.24, 2.45) is 0 Å². The summed E-state index contributed by atoms with van der Waals surface area (Å²) in [6.45, 7) is 2.52. The summed E-state index contributed by atoms with van der Waals surface area (Å²) in [5, 5.41) is 0.648. The van der Waals surface area contributed by atoms with Gasteiger partial charge in [0.25, 0.3) is 0 Å². The summed E-state index contributed by atoms with van der Waals surface area (Å²) in [5.41, 5.74) is 2.04. The maximum atomic E-state index is 11.0. The average Bonchev–Trinajstić information content (AvgIpc) is 2.48. The number of hydrogen-bond acceptors (Lipinski definition) is 2. The largest absolute Gasteiger partial charge is 0.494 e. The molecule has 104 valence electrons. The summed E-state index contributed by atoms with van der Waals surface area (Å²) in [4.78, 5) is 11.0. The van der Waals surface area contributed by atoms with Gasteiger partial charge in [0, 0.05) is 22.9 Å². The fourth-order valence-corrected chi connectivity index (χ4v) is 2.48. The molecule has 0 fully saturated rings. The molecule has 0 aromatic heterocycles. The molecule has 0 spiro atoms. The number of rotatable bonds is 6. The van der Waals surface area contributed by atoms with Crippen LogP contribution in [0.3, 0.4) is 0 Å². The molecule has 0 aliphatic rings. The number of carbonyl (C=O) groups excluding carboxylic acids is 1. The van der Waals surface area contributed by atoms with Gasteiger partial charge in [0.05, 0.1) is 6.61 Å². The second-order valence-corrected chi connectivity index (χ2v) is 4.92. The van der Waals surface area contributed by atoms with Crippen LogP contribution in [0.15, 0.2) is 48.5 Å². The van der Waals surface area contributed by atoms with Crippen molar-refractivity contribution in [2.75, 3.05) is 6.61 Å². The van der Waals surface area contributed by atoms with Crippen LogP contribution < -0.4 is 4.74 Å². The van der Waals surface area contributed by atoms with Crippen molar-refractivity contribution in [3.63, 3.8) is 0 Å². The second kappa shape index (κ2) is 7.11. The van der Waals surface area contributed by atoms with Crippen molar-refractivity contribution < 1.29 is 9.53 Å². The monoisotopic (exact) mass is 288 g/mol. The van der Waals surface area contributed by atoms with E-state index in [0.29, 0.717) is 18.1 Å². The Hall–Kier alpha value is -1.80. The lowest BCUT2D eigenvalue weighted by molar-refractivity contribution is -0.108. The maximum absolute atomic E-state index is 11.0. The van der Waals surface area contributed by atoms with Crippen LogP contribution in [0.2, 0.25) is 5.02 Å². The minimum Gasteiger partial charge on any atom is -0.494 e. The highest BCUT2D eigenvalue weighted by atomic mass is 35.5. The van der Waals surface area contributed by atoms with E-state index in [9.17, 15) is 4.79 Å². The SMILES string of the molecule is CCOc1ccc(Cl)cc1[C@@H](CC=O)c1ccccc1. The Morgan fingerprint density at radius 3 is 2.60 bits per heavy atom. The average molecular weight is 289 g/mol. The molecule has 2 rings (SSSR count). The van der Waals surface area contributed by atoms with Crippen LogP contribution in [-0.2, 0) is 4.79 Å². The van der Waals surface area contributed by atoms with Gasteiger partial charge < -0.3 is 9.53 Å². The van der Waals surface area contributed by atoms with Crippen molar-refractivity contribution >= 4 is 17.9 Å². The molecule has 0 saturated carbocycles. The molecule has 0 heterocycles. The number of aldehydes is 1. The molecule has 2 nitrogen and oxygen atoms in total. The van der Waals surface area contributed by atoms with E-state index in [1.165, 1.54) is 0 Å². The molecule has 0 bridgehead atoms. The highest BCUT2D eigenvalue weighted by Gasteiger charge is 2.18. The fourth-order valence-electron chi connectivity index (χ4n) is 2.30. The van der Waals surface area contributed by atoms with E-state index in [1.54, 1.807) is 6.07 Å². The zero-order valence-corrected chi connectivity index (χ0v) is 12.1. The molecule has 0 aliphatic heterocycles. The summed E-state index contributed by atoms with van der Waals surface area (Å²) < 4.78 is 5.67. The topological polar surface area (TPSA) is 26.3 Å². The Balaban J connectivity index is 2.48. The molecule has 0 saturated heterocycles. The Morgan fingerprint density at radius 1 is 1.20 bits per heavy atom. The van der Waals surface area contributed by atoms with Crippen LogP contribution in [0.5, 0.6) is 5.75 Å². The van der Waals surface area contributed by atoms with Gasteiger partial charge in [-0.3, -0.25) is 0 Å². The summed E-state index contributed by atoms with van der Waals surface area (Å²) in [5.74, 6) is 0.751. The lowest BCUT2D eigenvalue weighted by Crippen LogP contribution is -2.05. The van der Waals surface area contributed by atoms with E-state index in [4.69, 9.17) is 16.3 Å². The first-order chi connectivity index (χ1) is 9.76. The van der Waals surface area contributed by atoms with E-state index >= 15 is 0 Å². The molecule has 0 unspecified atom stereocenters. The Labute approximate surface area is 124 Å². The lowest BCUT2D eigenvalue weighted by Gasteiger charge is -2.19. The molecule has 20 heavy (non-hydrogen) atoms. The van der Waals surface area contributed by atoms with Crippen molar-refractivity contribution in [1.82, 2.24) is 0 Å². The fraction of sp³-hybridized carbons (Fsp3) is 0.235. The van der Waals surface area contributed by atoms with Gasteiger partial charge in [-0.25, -0.2) is 0 Å². The highest BCUT2D eigenvalue weighted by Crippen LogP contribution is 2.35. The lowest BCUT2D eigenvalue weighted by atomic mass is 9.88. The van der Waals surface area contributed by atoms with E-state index in [-0.39, 0.29) is 5.92 Å². The molecule has 1 atom stereocenters. The van der Waals surface area contributed by atoms with Gasteiger partial charge in [-0.05, 0) is 30.7 Å². The molecule has 0 amide bonds. The molecule has 2 aromatic rings. The predicted molar refractivity (Wildman–Crippen MR) is 81.6 cm³/mol. The minimum absolute atomic E-state index is 0.0334. The first-order valence-corrected chi connectivity index (χ1v) is 7.05. The third kappa shape index (κ3) is 3.40. The van der Waals surface area contributed by atoms with E-state index < -0.39 is 0 Å². The first-order valence-electron chi connectivity index (χ1n) is 6.67. The summed E-state index contributed by atoms with van der Waals surface area (Å²) in [7, 11) is 0. The molecule has 0 radical (unpaired) electrons. The van der Waals surface area contributed by atoms with Crippen LogP contribution in [-0.4, -0.2) is 12.9 Å². The van der Waals surface area contributed by atoms with Crippen LogP contribution in [0.25, 0.3) is 0 Å². The Bertz CT molecular complexity index is 566. The van der Waals surface area contributed by atoms with E-state index in [2.05, 4.69) is 0 Å². The summed E-state index contributed by atoms with van der Waals surface area (Å²) in [6, 6.07) is 15.5. The van der Waals surface area contributed by atoms with Gasteiger partial charge in [-0.1, -0.05) is 41.9 Å². The maximum Gasteiger partial charge on any atom is 0.123 e. The number of halogens is 1. The molecule has 2 aromatic carbocycles. The smallest absolute Gasteiger partial charge is 0.123 e. The molecular formula is C17H17ClO2. The number of ether oxygens (including phenoxy) is 1. The quantitative estimate of drug-likeness (QED) is 0.734. The van der Waals surface area contributed by atoms with Crippen molar-refractivity contribution in [3.05, 3.63) is 64.7 Å².